The number of nitrogens with one attached hydrogen (secondary N) is 1. The van der Waals surface area contributed by atoms with Gasteiger partial charge in [-0.1, -0.05) is 13.8 Å². The Morgan fingerprint density at radius 1 is 1.17 bits per heavy atom. The normalized spacial score (nSPS) is 12.9. The van der Waals surface area contributed by atoms with Crippen LogP contribution >= 0.6 is 0 Å². The molecule has 0 bridgehead atoms. The Kier molecular flexibility index (Phi) is 7.62. The number of pyridine rings is 1. The summed E-state index contributed by atoms with van der Waals surface area (Å²) in [6.07, 6.45) is 6.11. The van der Waals surface area contributed by atoms with E-state index in [0.29, 0.717) is 12.0 Å². The maximum absolute atomic E-state index is 5.77. The van der Waals surface area contributed by atoms with Crippen molar-refractivity contribution in [2.75, 3.05) is 19.7 Å². The quantitative estimate of drug-likeness (QED) is 0.684. The SMILES string of the molecule is CC(C)CNCC(C)OCCCc1ccncc1. The monoisotopic (exact) mass is 250 g/mol. The Labute approximate surface area is 111 Å². The van der Waals surface area contributed by atoms with Crippen LogP contribution in [0.25, 0.3) is 0 Å². The minimum Gasteiger partial charge on any atom is -0.377 e. The molecule has 1 aromatic rings. The molecule has 0 aliphatic heterocycles. The smallest absolute Gasteiger partial charge is 0.0671 e. The average Bonchev–Trinajstić information content (AvgIpc) is 2.35. The highest BCUT2D eigenvalue weighted by molar-refractivity contribution is 5.09. The van der Waals surface area contributed by atoms with Gasteiger partial charge in [-0.15, -0.1) is 0 Å². The summed E-state index contributed by atoms with van der Waals surface area (Å²) in [6.45, 7) is 9.38. The summed E-state index contributed by atoms with van der Waals surface area (Å²) < 4.78 is 5.77. The number of aromatic nitrogens is 1. The third-order valence-corrected chi connectivity index (χ3v) is 2.75. The van der Waals surface area contributed by atoms with E-state index in [9.17, 15) is 0 Å². The summed E-state index contributed by atoms with van der Waals surface area (Å²) in [6, 6.07) is 4.13. The van der Waals surface area contributed by atoms with Gasteiger partial charge in [-0.3, -0.25) is 4.98 Å². The van der Waals surface area contributed by atoms with Gasteiger partial charge in [-0.25, -0.2) is 0 Å². The summed E-state index contributed by atoms with van der Waals surface area (Å²) in [5, 5.41) is 3.41. The summed E-state index contributed by atoms with van der Waals surface area (Å²) in [7, 11) is 0. The molecule has 1 heterocycles. The van der Waals surface area contributed by atoms with E-state index in [1.165, 1.54) is 5.56 Å². The van der Waals surface area contributed by atoms with Gasteiger partial charge < -0.3 is 10.1 Å². The molecule has 18 heavy (non-hydrogen) atoms. The highest BCUT2D eigenvalue weighted by Gasteiger charge is 2.02. The first-order valence-corrected chi connectivity index (χ1v) is 6.89. The lowest BCUT2D eigenvalue weighted by molar-refractivity contribution is 0.0640. The van der Waals surface area contributed by atoms with Gasteiger partial charge in [-0.2, -0.15) is 0 Å². The Bertz CT molecular complexity index is 301. The molecular formula is C15H26N2O. The topological polar surface area (TPSA) is 34.1 Å². The van der Waals surface area contributed by atoms with E-state index in [1.54, 1.807) is 0 Å². The van der Waals surface area contributed by atoms with E-state index in [0.717, 1.165) is 32.5 Å². The number of nitrogens with zero attached hydrogens (tertiary/aromatic N) is 1. The molecule has 0 saturated heterocycles. The standard InChI is InChI=1S/C15H26N2O/c1-13(2)11-17-12-14(3)18-10-4-5-15-6-8-16-9-7-15/h6-9,13-14,17H,4-5,10-12H2,1-3H3. The van der Waals surface area contributed by atoms with Gasteiger partial charge in [0.1, 0.15) is 0 Å². The number of rotatable bonds is 9. The molecule has 0 radical (unpaired) electrons. The zero-order valence-electron chi connectivity index (χ0n) is 11.9. The lowest BCUT2D eigenvalue weighted by atomic mass is 10.1. The maximum atomic E-state index is 5.77. The molecule has 0 saturated carbocycles. The van der Waals surface area contributed by atoms with Crippen molar-refractivity contribution < 1.29 is 4.74 Å². The number of hydrogen-bond donors (Lipinski definition) is 1. The molecule has 3 nitrogen and oxygen atoms in total. The second-order valence-corrected chi connectivity index (χ2v) is 5.19. The molecule has 1 unspecified atom stereocenters. The minimum absolute atomic E-state index is 0.293. The molecule has 0 aliphatic carbocycles. The number of aryl methyl sites for hydroxylation is 1. The maximum Gasteiger partial charge on any atom is 0.0671 e. The fourth-order valence-corrected chi connectivity index (χ4v) is 1.74. The van der Waals surface area contributed by atoms with Crippen molar-refractivity contribution >= 4 is 0 Å². The Balaban J connectivity index is 2.00. The second kappa shape index (κ2) is 9.06. The van der Waals surface area contributed by atoms with Gasteiger partial charge in [0.15, 0.2) is 0 Å². The lowest BCUT2D eigenvalue weighted by Crippen LogP contribution is -2.29. The molecule has 0 aromatic carbocycles. The summed E-state index contributed by atoms with van der Waals surface area (Å²) in [4.78, 5) is 4.01. The number of hydrogen-bond acceptors (Lipinski definition) is 3. The van der Waals surface area contributed by atoms with Gasteiger partial charge in [0, 0.05) is 25.5 Å². The van der Waals surface area contributed by atoms with Crippen LogP contribution in [0.5, 0.6) is 0 Å². The van der Waals surface area contributed by atoms with Crippen LogP contribution in [-0.2, 0) is 11.2 Å². The van der Waals surface area contributed by atoms with Crippen molar-refractivity contribution in [3.63, 3.8) is 0 Å². The molecule has 0 spiro atoms. The summed E-state index contributed by atoms with van der Waals surface area (Å²) in [5.41, 5.74) is 1.33. The zero-order valence-corrected chi connectivity index (χ0v) is 11.9. The molecule has 1 atom stereocenters. The molecular weight excluding hydrogens is 224 g/mol. The van der Waals surface area contributed by atoms with Gasteiger partial charge in [0.25, 0.3) is 0 Å². The minimum atomic E-state index is 0.293. The fourth-order valence-electron chi connectivity index (χ4n) is 1.74. The fraction of sp³-hybridized carbons (Fsp3) is 0.667. The largest absolute Gasteiger partial charge is 0.377 e. The first-order chi connectivity index (χ1) is 8.68. The van der Waals surface area contributed by atoms with Crippen molar-refractivity contribution in [3.8, 4) is 0 Å². The first-order valence-electron chi connectivity index (χ1n) is 6.89. The molecule has 1 rings (SSSR count). The van der Waals surface area contributed by atoms with E-state index >= 15 is 0 Å². The van der Waals surface area contributed by atoms with Gasteiger partial charge in [0.05, 0.1) is 6.10 Å². The second-order valence-electron chi connectivity index (χ2n) is 5.19. The van der Waals surface area contributed by atoms with Crippen LogP contribution in [0.3, 0.4) is 0 Å². The third kappa shape index (κ3) is 7.41. The molecule has 0 fully saturated rings. The average molecular weight is 250 g/mol. The molecule has 102 valence electrons. The van der Waals surface area contributed by atoms with Gasteiger partial charge in [0.2, 0.25) is 0 Å². The predicted molar refractivity (Wildman–Crippen MR) is 75.7 cm³/mol. The Hall–Kier alpha value is -0.930. The zero-order chi connectivity index (χ0) is 13.2. The van der Waals surface area contributed by atoms with Crippen LogP contribution < -0.4 is 5.32 Å². The molecule has 0 aliphatic rings. The predicted octanol–water partition coefficient (Wildman–Crippen LogP) is 2.66. The lowest BCUT2D eigenvalue weighted by Gasteiger charge is -2.15. The molecule has 1 aromatic heterocycles. The van der Waals surface area contributed by atoms with Crippen LogP contribution in [0.2, 0.25) is 0 Å². The van der Waals surface area contributed by atoms with Crippen LogP contribution in [0.4, 0.5) is 0 Å². The van der Waals surface area contributed by atoms with E-state index < -0.39 is 0 Å². The molecule has 1 N–H and O–H groups in total. The van der Waals surface area contributed by atoms with E-state index in [-0.39, 0.29) is 0 Å². The van der Waals surface area contributed by atoms with Crippen LogP contribution in [0, 0.1) is 5.92 Å². The van der Waals surface area contributed by atoms with Crippen LogP contribution in [0.1, 0.15) is 32.8 Å². The molecule has 0 amide bonds. The van der Waals surface area contributed by atoms with Crippen molar-refractivity contribution in [1.82, 2.24) is 10.3 Å². The van der Waals surface area contributed by atoms with Crippen LogP contribution in [0.15, 0.2) is 24.5 Å². The molecule has 3 heteroatoms. The van der Waals surface area contributed by atoms with Gasteiger partial charge >= 0.3 is 0 Å². The van der Waals surface area contributed by atoms with E-state index in [2.05, 4.69) is 43.2 Å². The first kappa shape index (κ1) is 15.1. The van der Waals surface area contributed by atoms with E-state index in [1.807, 2.05) is 12.4 Å². The summed E-state index contributed by atoms with van der Waals surface area (Å²) >= 11 is 0. The van der Waals surface area contributed by atoms with Gasteiger partial charge in [-0.05, 0) is 49.9 Å². The summed E-state index contributed by atoms with van der Waals surface area (Å²) in [5.74, 6) is 0.698. The highest BCUT2D eigenvalue weighted by atomic mass is 16.5. The number of ether oxygens (including phenoxy) is 1. The van der Waals surface area contributed by atoms with Crippen molar-refractivity contribution in [2.24, 2.45) is 5.92 Å². The third-order valence-electron chi connectivity index (χ3n) is 2.75. The Morgan fingerprint density at radius 3 is 2.56 bits per heavy atom. The highest BCUT2D eigenvalue weighted by Crippen LogP contribution is 2.02. The van der Waals surface area contributed by atoms with Crippen molar-refractivity contribution in [1.29, 1.82) is 0 Å². The van der Waals surface area contributed by atoms with Crippen molar-refractivity contribution in [3.05, 3.63) is 30.1 Å². The van der Waals surface area contributed by atoms with Crippen LogP contribution in [-0.4, -0.2) is 30.8 Å². The van der Waals surface area contributed by atoms with Crippen molar-refractivity contribution in [2.45, 2.75) is 39.7 Å². The Morgan fingerprint density at radius 2 is 1.89 bits per heavy atom. The van der Waals surface area contributed by atoms with E-state index in [4.69, 9.17) is 4.74 Å².